The molecular weight excluding hydrogens is 404 g/mol. The Kier molecular flexibility index (Phi) is 9.32. The van der Waals surface area contributed by atoms with Gasteiger partial charge in [-0.3, -0.25) is 4.79 Å². The number of alkyl halides is 1. The van der Waals surface area contributed by atoms with Gasteiger partial charge >= 0.3 is 0 Å². The number of hydrogen-bond acceptors (Lipinski definition) is 2. The Morgan fingerprint density at radius 1 is 1.27 bits per heavy atom. The first kappa shape index (κ1) is 23.7. The van der Waals surface area contributed by atoms with E-state index >= 15 is 0 Å². The first-order valence-corrected chi connectivity index (χ1v) is 9.17. The summed E-state index contributed by atoms with van der Waals surface area (Å²) in [5.41, 5.74) is 1.14. The summed E-state index contributed by atoms with van der Waals surface area (Å²) in [6, 6.07) is 7.35. The van der Waals surface area contributed by atoms with Crippen molar-refractivity contribution in [3.8, 4) is 0 Å². The second-order valence-corrected chi connectivity index (χ2v) is 8.06. The summed E-state index contributed by atoms with van der Waals surface area (Å²) in [5, 5.41) is 10.4. The fraction of sp³-hybridized carbons (Fsp3) is 0.545. The number of carbonyl (C=O) groups is 1. The van der Waals surface area contributed by atoms with Crippen LogP contribution in [0.25, 0.3) is 0 Å². The van der Waals surface area contributed by atoms with Gasteiger partial charge < -0.3 is 12.0 Å². The number of rotatable bonds is 6. The van der Waals surface area contributed by atoms with Crippen LogP contribution in [0.15, 0.2) is 36.4 Å². The SMILES string of the molecule is [CH2-]CC/C=C\CC1C(c2ccc(C(=O)C(C)(C)C)cc2)[C@H](O)C[C@H]1F.[Y]. The van der Waals surface area contributed by atoms with Crippen LogP contribution in [-0.4, -0.2) is 23.2 Å². The largest absolute Gasteiger partial charge is 0.392 e. The zero-order valence-corrected chi connectivity index (χ0v) is 19.0. The maximum Gasteiger partial charge on any atom is 0.168 e. The number of halogens is 1. The van der Waals surface area contributed by atoms with Crippen LogP contribution in [0, 0.1) is 18.3 Å². The Bertz CT molecular complexity index is 604. The molecule has 1 radical (unpaired) electrons. The van der Waals surface area contributed by atoms with Crippen LogP contribution in [0.3, 0.4) is 0 Å². The summed E-state index contributed by atoms with van der Waals surface area (Å²) in [4.78, 5) is 12.4. The number of aliphatic hydroxyl groups excluding tert-OH is 1. The molecule has 0 bridgehead atoms. The molecule has 0 saturated heterocycles. The summed E-state index contributed by atoms with van der Waals surface area (Å²) < 4.78 is 14.4. The summed E-state index contributed by atoms with van der Waals surface area (Å²) in [6.07, 6.45) is 4.88. The minimum absolute atomic E-state index is 0. The van der Waals surface area contributed by atoms with E-state index in [0.29, 0.717) is 12.0 Å². The van der Waals surface area contributed by atoms with Crippen molar-refractivity contribution in [2.24, 2.45) is 11.3 Å². The van der Waals surface area contributed by atoms with E-state index in [1.165, 1.54) is 0 Å². The number of carbonyl (C=O) groups excluding carboxylic acids is 1. The molecule has 1 aromatic carbocycles. The Balaban J connectivity index is 0.00000338. The molecular formula is C22H30FO2Y-. The number of aliphatic hydroxyl groups is 1. The molecule has 0 heterocycles. The molecule has 26 heavy (non-hydrogen) atoms. The molecule has 1 aliphatic rings. The van der Waals surface area contributed by atoms with E-state index in [9.17, 15) is 14.3 Å². The number of unbranched alkanes of at least 4 members (excludes halogenated alkanes) is 1. The number of hydrogen-bond donors (Lipinski definition) is 1. The first-order chi connectivity index (χ1) is 11.8. The minimum Gasteiger partial charge on any atom is -0.392 e. The summed E-state index contributed by atoms with van der Waals surface area (Å²) >= 11 is 0. The molecule has 2 rings (SSSR count). The van der Waals surface area contributed by atoms with Gasteiger partial charge in [-0.1, -0.05) is 63.6 Å². The van der Waals surface area contributed by atoms with E-state index in [1.807, 2.05) is 45.1 Å². The Hall–Kier alpha value is -0.376. The van der Waals surface area contributed by atoms with Crippen molar-refractivity contribution in [2.45, 2.75) is 64.6 Å². The predicted molar refractivity (Wildman–Crippen MR) is 100 cm³/mol. The summed E-state index contributed by atoms with van der Waals surface area (Å²) in [5.74, 6) is -0.361. The molecule has 0 aliphatic heterocycles. The summed E-state index contributed by atoms with van der Waals surface area (Å²) in [7, 11) is 0. The Labute approximate surface area is 182 Å². The monoisotopic (exact) mass is 434 g/mol. The third-order valence-electron chi connectivity index (χ3n) is 4.99. The van der Waals surface area contributed by atoms with Gasteiger partial charge in [0.05, 0.1) is 6.10 Å². The smallest absolute Gasteiger partial charge is 0.168 e. The predicted octanol–water partition coefficient (Wildman–Crippen LogP) is 5.28. The molecule has 0 spiro atoms. The van der Waals surface area contributed by atoms with Crippen molar-refractivity contribution in [3.05, 3.63) is 54.5 Å². The molecule has 0 aromatic heterocycles. The van der Waals surface area contributed by atoms with Gasteiger partial charge in [-0.2, -0.15) is 6.42 Å². The van der Waals surface area contributed by atoms with Gasteiger partial charge in [-0.25, -0.2) is 4.39 Å². The van der Waals surface area contributed by atoms with Crippen molar-refractivity contribution < 1.29 is 47.0 Å². The van der Waals surface area contributed by atoms with Crippen molar-refractivity contribution in [3.63, 3.8) is 0 Å². The molecule has 4 atom stereocenters. The van der Waals surface area contributed by atoms with Crippen LogP contribution in [0.1, 0.15) is 68.3 Å². The van der Waals surface area contributed by atoms with Crippen molar-refractivity contribution >= 4 is 5.78 Å². The molecule has 141 valence electrons. The fourth-order valence-electron chi connectivity index (χ4n) is 3.60. The molecule has 1 N–H and O–H groups in total. The maximum atomic E-state index is 14.4. The number of Topliss-reactive ketones (excluding diaryl/α,β-unsaturated/α-hetero) is 1. The number of ketones is 1. The topological polar surface area (TPSA) is 37.3 Å². The summed E-state index contributed by atoms with van der Waals surface area (Å²) in [6.45, 7) is 9.48. The van der Waals surface area contributed by atoms with Gasteiger partial charge in [0.25, 0.3) is 0 Å². The molecule has 2 nitrogen and oxygen atoms in total. The van der Waals surface area contributed by atoms with Crippen LogP contribution in [0.5, 0.6) is 0 Å². The van der Waals surface area contributed by atoms with Gasteiger partial charge in [0.15, 0.2) is 5.78 Å². The second kappa shape index (κ2) is 10.2. The van der Waals surface area contributed by atoms with E-state index in [2.05, 4.69) is 6.92 Å². The third kappa shape index (κ3) is 5.81. The zero-order chi connectivity index (χ0) is 18.6. The maximum absolute atomic E-state index is 14.4. The van der Waals surface area contributed by atoms with E-state index < -0.39 is 17.7 Å². The molecule has 1 aromatic rings. The second-order valence-electron chi connectivity index (χ2n) is 8.06. The van der Waals surface area contributed by atoms with Crippen LogP contribution in [0.4, 0.5) is 4.39 Å². The molecule has 4 heteroatoms. The van der Waals surface area contributed by atoms with Gasteiger partial charge in [-0.15, -0.1) is 0 Å². The van der Waals surface area contributed by atoms with E-state index in [-0.39, 0.29) is 56.7 Å². The van der Waals surface area contributed by atoms with E-state index in [1.54, 1.807) is 12.1 Å². The number of benzene rings is 1. The van der Waals surface area contributed by atoms with Crippen molar-refractivity contribution in [1.82, 2.24) is 0 Å². The average Bonchev–Trinajstić information content (AvgIpc) is 2.84. The third-order valence-corrected chi connectivity index (χ3v) is 4.99. The van der Waals surface area contributed by atoms with Crippen LogP contribution < -0.4 is 0 Å². The molecule has 2 unspecified atom stereocenters. The standard InChI is InChI=1S/C22H30FO2.Y/c1-5-6-7-8-9-17-18(23)14-19(24)20(17)15-10-12-16(13-11-15)21(25)22(2,3)4;/h7-8,10-13,17-20,24H,1,5-6,9,14H2,2-4H3;/q-1;/b8-7-;/t17?,18-,19-,20?;/m1./s1. The average molecular weight is 434 g/mol. The normalized spacial score (nSPS) is 26.1. The van der Waals surface area contributed by atoms with Crippen LogP contribution >= 0.6 is 0 Å². The van der Waals surface area contributed by atoms with Crippen molar-refractivity contribution in [2.75, 3.05) is 0 Å². The molecule has 1 aliphatic carbocycles. The van der Waals surface area contributed by atoms with Gasteiger partial charge in [0, 0.05) is 61.9 Å². The minimum atomic E-state index is -1.000. The van der Waals surface area contributed by atoms with Gasteiger partial charge in [0.1, 0.15) is 6.17 Å². The quantitative estimate of drug-likeness (QED) is 0.376. The van der Waals surface area contributed by atoms with Crippen LogP contribution in [0.2, 0.25) is 0 Å². The molecule has 1 saturated carbocycles. The van der Waals surface area contributed by atoms with E-state index in [0.717, 1.165) is 18.4 Å². The number of allylic oxidation sites excluding steroid dienone is 2. The Morgan fingerprint density at radius 3 is 2.42 bits per heavy atom. The Morgan fingerprint density at radius 2 is 1.88 bits per heavy atom. The fourth-order valence-corrected chi connectivity index (χ4v) is 3.60. The van der Waals surface area contributed by atoms with E-state index in [4.69, 9.17) is 0 Å². The molecule has 0 amide bonds. The van der Waals surface area contributed by atoms with Crippen LogP contribution in [-0.2, 0) is 32.7 Å². The van der Waals surface area contributed by atoms with Gasteiger partial charge in [-0.05, 0) is 12.0 Å². The van der Waals surface area contributed by atoms with Crippen molar-refractivity contribution in [1.29, 1.82) is 0 Å². The molecule has 1 fully saturated rings. The first-order valence-electron chi connectivity index (χ1n) is 9.17. The van der Waals surface area contributed by atoms with Gasteiger partial charge in [0.2, 0.25) is 0 Å². The zero-order valence-electron chi connectivity index (χ0n) is 16.1.